The first kappa shape index (κ1) is 12.6. The molecular formula is C16H25N. The van der Waals surface area contributed by atoms with E-state index in [2.05, 4.69) is 44.3 Å². The van der Waals surface area contributed by atoms with Crippen LogP contribution in [0.1, 0.15) is 56.2 Å². The Balaban J connectivity index is 0.000000239. The molecule has 2 aliphatic rings. The van der Waals surface area contributed by atoms with Gasteiger partial charge in [0.2, 0.25) is 0 Å². The van der Waals surface area contributed by atoms with Crippen LogP contribution >= 0.6 is 0 Å². The third-order valence-electron chi connectivity index (χ3n) is 3.96. The summed E-state index contributed by atoms with van der Waals surface area (Å²) in [5, 5.41) is 3.52. The van der Waals surface area contributed by atoms with Crippen molar-refractivity contribution in [2.45, 2.75) is 58.4 Å². The van der Waals surface area contributed by atoms with Gasteiger partial charge in [0.1, 0.15) is 0 Å². The number of fused-ring (bicyclic) bond motifs is 2. The Morgan fingerprint density at radius 2 is 1.88 bits per heavy atom. The van der Waals surface area contributed by atoms with Crippen molar-refractivity contribution in [1.29, 1.82) is 0 Å². The highest BCUT2D eigenvalue weighted by Crippen LogP contribution is 2.50. The van der Waals surface area contributed by atoms with E-state index in [1.54, 1.807) is 5.56 Å². The quantitative estimate of drug-likeness (QED) is 0.772. The second-order valence-corrected chi connectivity index (χ2v) is 5.54. The van der Waals surface area contributed by atoms with E-state index in [-0.39, 0.29) is 0 Å². The van der Waals surface area contributed by atoms with Gasteiger partial charge in [-0.25, -0.2) is 0 Å². The topological polar surface area (TPSA) is 12.0 Å². The first-order chi connectivity index (χ1) is 8.22. The lowest BCUT2D eigenvalue weighted by molar-refractivity contribution is 0.531. The largest absolute Gasteiger partial charge is 0.312 e. The first-order valence-corrected chi connectivity index (χ1v) is 7.02. The van der Waals surface area contributed by atoms with Crippen LogP contribution in [0.3, 0.4) is 0 Å². The van der Waals surface area contributed by atoms with E-state index in [0.717, 1.165) is 6.54 Å². The zero-order chi connectivity index (χ0) is 12.3. The molecule has 1 heterocycles. The molecule has 0 unspecified atom stereocenters. The lowest BCUT2D eigenvalue weighted by Crippen LogP contribution is -2.33. The standard InChI is InChI=1S/C12H15N.C4H10/c1-9-2-3-11-10(6-9)7-13-8-12(11)4-5-12;1-3-4-2/h2-3,6,13H,4-5,7-8H2,1H3;3-4H2,1-2H3. The number of nitrogens with one attached hydrogen (secondary N) is 1. The Labute approximate surface area is 106 Å². The van der Waals surface area contributed by atoms with Gasteiger partial charge in [-0.15, -0.1) is 0 Å². The van der Waals surface area contributed by atoms with E-state index >= 15 is 0 Å². The molecule has 1 aromatic rings. The molecule has 17 heavy (non-hydrogen) atoms. The van der Waals surface area contributed by atoms with Gasteiger partial charge in [0.05, 0.1) is 0 Å². The number of hydrogen-bond acceptors (Lipinski definition) is 1. The SMILES string of the molecule is CCCC.Cc1ccc2c(c1)CNCC21CC1. The molecule has 1 saturated carbocycles. The number of rotatable bonds is 1. The molecule has 1 aliphatic heterocycles. The molecule has 0 atom stereocenters. The summed E-state index contributed by atoms with van der Waals surface area (Å²) in [4.78, 5) is 0. The average molecular weight is 231 g/mol. The first-order valence-electron chi connectivity index (χ1n) is 7.02. The Kier molecular flexibility index (Phi) is 3.88. The molecule has 1 spiro atoms. The van der Waals surface area contributed by atoms with Crippen molar-refractivity contribution in [3.63, 3.8) is 0 Å². The van der Waals surface area contributed by atoms with Crippen LogP contribution in [0.2, 0.25) is 0 Å². The highest BCUT2D eigenvalue weighted by molar-refractivity contribution is 5.43. The molecule has 0 aromatic heterocycles. The second-order valence-electron chi connectivity index (χ2n) is 5.54. The summed E-state index contributed by atoms with van der Waals surface area (Å²) in [5.74, 6) is 0. The zero-order valence-electron chi connectivity index (χ0n) is 11.5. The molecule has 1 heteroatoms. The van der Waals surface area contributed by atoms with E-state index in [9.17, 15) is 0 Å². The summed E-state index contributed by atoms with van der Waals surface area (Å²) in [5.41, 5.74) is 5.08. The Bertz CT molecular complexity index is 375. The molecule has 1 nitrogen and oxygen atoms in total. The minimum absolute atomic E-state index is 0.543. The van der Waals surface area contributed by atoms with Crippen molar-refractivity contribution in [2.24, 2.45) is 0 Å². The van der Waals surface area contributed by atoms with Crippen LogP contribution in [0.5, 0.6) is 0 Å². The predicted molar refractivity (Wildman–Crippen MR) is 74.4 cm³/mol. The monoisotopic (exact) mass is 231 g/mol. The highest BCUT2D eigenvalue weighted by Gasteiger charge is 2.46. The summed E-state index contributed by atoms with van der Waals surface area (Å²) in [6.07, 6.45) is 5.41. The normalized spacial score (nSPS) is 19.2. The van der Waals surface area contributed by atoms with E-state index < -0.39 is 0 Å². The third kappa shape index (κ3) is 2.71. The Morgan fingerprint density at radius 3 is 2.47 bits per heavy atom. The van der Waals surface area contributed by atoms with Gasteiger partial charge in [-0.1, -0.05) is 50.5 Å². The van der Waals surface area contributed by atoms with Crippen molar-refractivity contribution in [1.82, 2.24) is 5.32 Å². The van der Waals surface area contributed by atoms with Crippen molar-refractivity contribution in [2.75, 3.05) is 6.54 Å². The van der Waals surface area contributed by atoms with Crippen LogP contribution in [0.15, 0.2) is 18.2 Å². The van der Waals surface area contributed by atoms with Crippen molar-refractivity contribution >= 4 is 0 Å². The van der Waals surface area contributed by atoms with Crippen LogP contribution in [-0.4, -0.2) is 6.54 Å². The van der Waals surface area contributed by atoms with Crippen molar-refractivity contribution in [3.8, 4) is 0 Å². The number of hydrogen-bond donors (Lipinski definition) is 1. The van der Waals surface area contributed by atoms with E-state index in [1.165, 1.54) is 43.4 Å². The van der Waals surface area contributed by atoms with Gasteiger partial charge in [0.25, 0.3) is 0 Å². The summed E-state index contributed by atoms with van der Waals surface area (Å²) in [6, 6.07) is 6.93. The van der Waals surface area contributed by atoms with E-state index in [0.29, 0.717) is 5.41 Å². The molecule has 0 saturated heterocycles. The van der Waals surface area contributed by atoms with Gasteiger partial charge in [-0.2, -0.15) is 0 Å². The fourth-order valence-electron chi connectivity index (χ4n) is 2.51. The van der Waals surface area contributed by atoms with Crippen LogP contribution in [0.25, 0.3) is 0 Å². The zero-order valence-corrected chi connectivity index (χ0v) is 11.5. The minimum atomic E-state index is 0.543. The molecule has 0 radical (unpaired) electrons. The molecule has 0 bridgehead atoms. The molecule has 0 amide bonds. The summed E-state index contributed by atoms with van der Waals surface area (Å²) in [7, 11) is 0. The van der Waals surface area contributed by atoms with Crippen LogP contribution in [-0.2, 0) is 12.0 Å². The maximum Gasteiger partial charge on any atom is 0.0208 e. The fourth-order valence-corrected chi connectivity index (χ4v) is 2.51. The number of benzene rings is 1. The van der Waals surface area contributed by atoms with E-state index in [4.69, 9.17) is 0 Å². The average Bonchev–Trinajstić information content (AvgIpc) is 3.10. The summed E-state index contributed by atoms with van der Waals surface area (Å²) >= 11 is 0. The van der Waals surface area contributed by atoms with Crippen molar-refractivity contribution in [3.05, 3.63) is 34.9 Å². The van der Waals surface area contributed by atoms with Crippen LogP contribution in [0, 0.1) is 6.92 Å². The van der Waals surface area contributed by atoms with Gasteiger partial charge in [-0.05, 0) is 30.9 Å². The molecular weight excluding hydrogens is 206 g/mol. The van der Waals surface area contributed by atoms with Gasteiger partial charge in [0, 0.05) is 18.5 Å². The highest BCUT2D eigenvalue weighted by atomic mass is 14.9. The van der Waals surface area contributed by atoms with Crippen molar-refractivity contribution < 1.29 is 0 Å². The molecule has 3 rings (SSSR count). The summed E-state index contributed by atoms with van der Waals surface area (Å²) in [6.45, 7) is 8.80. The van der Waals surface area contributed by atoms with Crippen LogP contribution in [0.4, 0.5) is 0 Å². The predicted octanol–water partition coefficient (Wildman–Crippen LogP) is 3.94. The Hall–Kier alpha value is -0.820. The molecule has 1 N–H and O–H groups in total. The molecule has 1 aliphatic carbocycles. The van der Waals surface area contributed by atoms with Crippen LogP contribution < -0.4 is 5.32 Å². The Morgan fingerprint density at radius 1 is 1.18 bits per heavy atom. The minimum Gasteiger partial charge on any atom is -0.312 e. The number of unbranched alkanes of at least 4 members (excludes halogenated alkanes) is 1. The lowest BCUT2D eigenvalue weighted by atomic mass is 9.87. The lowest BCUT2D eigenvalue weighted by Gasteiger charge is -2.26. The third-order valence-corrected chi connectivity index (χ3v) is 3.96. The second kappa shape index (κ2) is 5.22. The van der Waals surface area contributed by atoms with Gasteiger partial charge < -0.3 is 5.32 Å². The number of aryl methyl sites for hydroxylation is 1. The maximum absolute atomic E-state index is 3.52. The molecule has 94 valence electrons. The molecule has 1 aromatic carbocycles. The smallest absolute Gasteiger partial charge is 0.0208 e. The van der Waals surface area contributed by atoms with Gasteiger partial charge in [-0.3, -0.25) is 0 Å². The maximum atomic E-state index is 3.52. The summed E-state index contributed by atoms with van der Waals surface area (Å²) < 4.78 is 0. The fraction of sp³-hybridized carbons (Fsp3) is 0.625. The van der Waals surface area contributed by atoms with E-state index in [1.807, 2.05) is 0 Å². The van der Waals surface area contributed by atoms with Gasteiger partial charge in [0.15, 0.2) is 0 Å². The van der Waals surface area contributed by atoms with Gasteiger partial charge >= 0.3 is 0 Å². The molecule has 1 fully saturated rings.